The number of aromatic nitrogens is 1. The van der Waals surface area contributed by atoms with Crippen LogP contribution in [0.3, 0.4) is 0 Å². The highest BCUT2D eigenvalue weighted by atomic mass is 35.5. The maximum absolute atomic E-state index is 6.05. The van der Waals surface area contributed by atoms with Crippen molar-refractivity contribution in [3.63, 3.8) is 0 Å². The van der Waals surface area contributed by atoms with E-state index in [2.05, 4.69) is 22.9 Å². The molecule has 0 fully saturated rings. The highest BCUT2D eigenvalue weighted by Crippen LogP contribution is 2.26. The Morgan fingerprint density at radius 1 is 1.20 bits per heavy atom. The predicted molar refractivity (Wildman–Crippen MR) is 85.1 cm³/mol. The van der Waals surface area contributed by atoms with Crippen molar-refractivity contribution in [1.82, 2.24) is 4.98 Å². The number of anilines is 1. The fraction of sp³-hybridized carbons (Fsp3) is 0.312. The number of hydrogen-bond donors (Lipinski definition) is 1. The molecular formula is C16H20ClN3. The Morgan fingerprint density at radius 3 is 2.50 bits per heavy atom. The van der Waals surface area contributed by atoms with Gasteiger partial charge in [-0.1, -0.05) is 23.7 Å². The van der Waals surface area contributed by atoms with E-state index in [1.807, 2.05) is 50.5 Å². The molecule has 2 atom stereocenters. The summed E-state index contributed by atoms with van der Waals surface area (Å²) < 4.78 is 0. The molecule has 1 unspecified atom stereocenters. The first-order valence-electron chi connectivity index (χ1n) is 6.69. The van der Waals surface area contributed by atoms with Crippen LogP contribution in [0, 0.1) is 0 Å². The van der Waals surface area contributed by atoms with E-state index in [9.17, 15) is 0 Å². The molecule has 2 rings (SSSR count). The maximum Gasteiger partial charge on any atom is 0.0569 e. The van der Waals surface area contributed by atoms with Crippen LogP contribution in [0.4, 0.5) is 5.69 Å². The van der Waals surface area contributed by atoms with Crippen molar-refractivity contribution < 1.29 is 0 Å². The van der Waals surface area contributed by atoms with Crippen molar-refractivity contribution in [2.24, 2.45) is 5.73 Å². The smallest absolute Gasteiger partial charge is 0.0569 e. The van der Waals surface area contributed by atoms with Gasteiger partial charge in [-0.2, -0.15) is 0 Å². The molecule has 0 amide bonds. The second-order valence-electron chi connectivity index (χ2n) is 5.07. The summed E-state index contributed by atoms with van der Waals surface area (Å²) in [6.07, 6.45) is 1.86. The van der Waals surface area contributed by atoms with Crippen molar-refractivity contribution in [2.75, 3.05) is 11.9 Å². The quantitative estimate of drug-likeness (QED) is 0.926. The van der Waals surface area contributed by atoms with Gasteiger partial charge in [0.05, 0.1) is 23.6 Å². The molecule has 0 saturated heterocycles. The molecule has 2 N–H and O–H groups in total. The highest BCUT2D eigenvalue weighted by molar-refractivity contribution is 6.30. The van der Waals surface area contributed by atoms with E-state index in [4.69, 9.17) is 17.3 Å². The zero-order valence-electron chi connectivity index (χ0n) is 12.0. The molecule has 4 heteroatoms. The van der Waals surface area contributed by atoms with Crippen LogP contribution in [0.1, 0.15) is 37.2 Å². The number of hydrogen-bond acceptors (Lipinski definition) is 3. The third-order valence-corrected chi connectivity index (χ3v) is 3.79. The number of halogens is 1. The van der Waals surface area contributed by atoms with Gasteiger partial charge in [0.1, 0.15) is 0 Å². The summed E-state index contributed by atoms with van der Waals surface area (Å²) in [6.45, 7) is 4.07. The van der Waals surface area contributed by atoms with Gasteiger partial charge in [-0.25, -0.2) is 0 Å². The van der Waals surface area contributed by atoms with E-state index in [1.54, 1.807) is 0 Å². The van der Waals surface area contributed by atoms with Gasteiger partial charge >= 0.3 is 0 Å². The number of pyridine rings is 1. The van der Waals surface area contributed by atoms with Crippen molar-refractivity contribution in [3.05, 3.63) is 58.9 Å². The third-order valence-electron chi connectivity index (χ3n) is 3.56. The lowest BCUT2D eigenvalue weighted by Gasteiger charge is -2.27. The molecule has 1 heterocycles. The number of nitrogens with two attached hydrogens (primary N) is 1. The zero-order chi connectivity index (χ0) is 14.7. The molecule has 3 nitrogen and oxygen atoms in total. The summed E-state index contributed by atoms with van der Waals surface area (Å²) in [6, 6.07) is 12.1. The van der Waals surface area contributed by atoms with Gasteiger partial charge in [0.15, 0.2) is 0 Å². The van der Waals surface area contributed by atoms with E-state index in [1.165, 1.54) is 5.56 Å². The lowest BCUT2D eigenvalue weighted by atomic mass is 10.1. The first-order chi connectivity index (χ1) is 9.49. The van der Waals surface area contributed by atoms with Crippen LogP contribution >= 0.6 is 11.6 Å². The topological polar surface area (TPSA) is 42.1 Å². The maximum atomic E-state index is 6.05. The van der Waals surface area contributed by atoms with E-state index < -0.39 is 0 Å². The van der Waals surface area contributed by atoms with Gasteiger partial charge in [-0.05, 0) is 43.7 Å². The van der Waals surface area contributed by atoms with Gasteiger partial charge in [-0.3, -0.25) is 4.98 Å². The number of benzene rings is 1. The molecule has 0 aliphatic rings. The zero-order valence-corrected chi connectivity index (χ0v) is 12.8. The number of nitrogens with zero attached hydrogens (tertiary/aromatic N) is 2. The molecule has 0 aliphatic carbocycles. The van der Waals surface area contributed by atoms with Crippen LogP contribution in [0.2, 0.25) is 5.02 Å². The monoisotopic (exact) mass is 289 g/mol. The normalized spacial score (nSPS) is 13.8. The van der Waals surface area contributed by atoms with Gasteiger partial charge in [0, 0.05) is 18.1 Å². The summed E-state index contributed by atoms with van der Waals surface area (Å²) >= 11 is 6.05. The fourth-order valence-electron chi connectivity index (χ4n) is 2.09. The highest BCUT2D eigenvalue weighted by Gasteiger charge is 2.13. The predicted octanol–water partition coefficient (Wildman–Crippen LogP) is 3.95. The molecule has 106 valence electrons. The summed E-state index contributed by atoms with van der Waals surface area (Å²) in [5.74, 6) is 0. The molecule has 1 aromatic heterocycles. The summed E-state index contributed by atoms with van der Waals surface area (Å²) in [7, 11) is 2.05. The minimum absolute atomic E-state index is 0.0419. The average Bonchev–Trinajstić information content (AvgIpc) is 2.46. The second kappa shape index (κ2) is 6.25. The lowest BCUT2D eigenvalue weighted by molar-refractivity contribution is 0.733. The molecular weight excluding hydrogens is 270 g/mol. The minimum atomic E-state index is -0.0419. The van der Waals surface area contributed by atoms with Crippen LogP contribution in [0.15, 0.2) is 42.6 Å². The molecule has 20 heavy (non-hydrogen) atoms. The average molecular weight is 290 g/mol. The van der Waals surface area contributed by atoms with Crippen molar-refractivity contribution >= 4 is 17.3 Å². The van der Waals surface area contributed by atoms with Crippen molar-refractivity contribution in [1.29, 1.82) is 0 Å². The third kappa shape index (κ3) is 3.30. The molecule has 0 spiro atoms. The van der Waals surface area contributed by atoms with Crippen molar-refractivity contribution in [3.8, 4) is 0 Å². The molecule has 2 aromatic rings. The fourth-order valence-corrected chi connectivity index (χ4v) is 2.29. The van der Waals surface area contributed by atoms with E-state index in [0.717, 1.165) is 16.4 Å². The van der Waals surface area contributed by atoms with Gasteiger partial charge in [0.2, 0.25) is 0 Å². The SMILES string of the molecule is CC(c1cccc(Cl)c1)N(C)c1ccc([C@@H](C)N)nc1. The molecule has 1 aromatic carbocycles. The summed E-state index contributed by atoms with van der Waals surface area (Å²) in [4.78, 5) is 6.57. The van der Waals surface area contributed by atoms with Gasteiger partial charge in [-0.15, -0.1) is 0 Å². The Kier molecular flexibility index (Phi) is 4.63. The van der Waals surface area contributed by atoms with Crippen LogP contribution < -0.4 is 10.6 Å². The molecule has 0 radical (unpaired) electrons. The second-order valence-corrected chi connectivity index (χ2v) is 5.51. The molecule has 0 aliphatic heterocycles. The first-order valence-corrected chi connectivity index (χ1v) is 7.06. The Hall–Kier alpha value is -1.58. The molecule has 0 saturated carbocycles. The van der Waals surface area contributed by atoms with Gasteiger partial charge in [0.25, 0.3) is 0 Å². The van der Waals surface area contributed by atoms with E-state index >= 15 is 0 Å². The lowest BCUT2D eigenvalue weighted by Crippen LogP contribution is -2.22. The number of rotatable bonds is 4. The van der Waals surface area contributed by atoms with Crippen LogP contribution in [-0.4, -0.2) is 12.0 Å². The Balaban J connectivity index is 2.20. The Bertz CT molecular complexity index is 566. The first kappa shape index (κ1) is 14.8. The Morgan fingerprint density at radius 2 is 1.95 bits per heavy atom. The largest absolute Gasteiger partial charge is 0.367 e. The summed E-state index contributed by atoms with van der Waals surface area (Å²) in [5.41, 5.74) is 8.95. The van der Waals surface area contributed by atoms with E-state index in [0.29, 0.717) is 0 Å². The minimum Gasteiger partial charge on any atom is -0.367 e. The van der Waals surface area contributed by atoms with E-state index in [-0.39, 0.29) is 12.1 Å². The van der Waals surface area contributed by atoms with Crippen LogP contribution in [0.25, 0.3) is 0 Å². The standard InChI is InChI=1S/C16H20ClN3/c1-11(18)16-8-7-15(10-19-16)20(3)12(2)13-5-4-6-14(17)9-13/h4-12H,18H2,1-3H3/t11-,12?/m1/s1. The van der Waals surface area contributed by atoms with Gasteiger partial charge < -0.3 is 10.6 Å². The summed E-state index contributed by atoms with van der Waals surface area (Å²) in [5, 5.41) is 0.758. The van der Waals surface area contributed by atoms with Crippen molar-refractivity contribution in [2.45, 2.75) is 25.9 Å². The Labute approximate surface area is 125 Å². The molecule has 0 bridgehead atoms. The van der Waals surface area contributed by atoms with Crippen LogP contribution in [-0.2, 0) is 0 Å². The van der Waals surface area contributed by atoms with Crippen LogP contribution in [0.5, 0.6) is 0 Å².